The van der Waals surface area contributed by atoms with Crippen LogP contribution in [0.25, 0.3) is 11.2 Å². The summed E-state index contributed by atoms with van der Waals surface area (Å²) in [6, 6.07) is 5.44. The van der Waals surface area contributed by atoms with Gasteiger partial charge in [-0.05, 0) is 24.6 Å². The van der Waals surface area contributed by atoms with Gasteiger partial charge in [-0.15, -0.1) is 6.42 Å². The van der Waals surface area contributed by atoms with Gasteiger partial charge in [0, 0.05) is 23.5 Å². The highest BCUT2D eigenvalue weighted by Gasteiger charge is 2.17. The van der Waals surface area contributed by atoms with Crippen LogP contribution in [0.4, 0.5) is 5.82 Å². The van der Waals surface area contributed by atoms with E-state index < -0.39 is 10.0 Å². The quantitative estimate of drug-likeness (QED) is 0.405. The molecule has 3 aromatic rings. The lowest BCUT2D eigenvalue weighted by atomic mass is 10.2. The monoisotopic (exact) mass is 432 g/mol. The van der Waals surface area contributed by atoms with E-state index in [-0.39, 0.29) is 12.4 Å². The van der Waals surface area contributed by atoms with E-state index in [0.717, 1.165) is 11.2 Å². The van der Waals surface area contributed by atoms with Crippen molar-refractivity contribution in [3.63, 3.8) is 0 Å². The second-order valence-electron chi connectivity index (χ2n) is 6.11. The second kappa shape index (κ2) is 8.69. The maximum Gasteiger partial charge on any atom is 0.208 e. The molecule has 29 heavy (non-hydrogen) atoms. The van der Waals surface area contributed by atoms with Gasteiger partial charge in [-0.25, -0.2) is 28.1 Å². The number of nitrogens with two attached hydrogens (primary N) is 1. The molecule has 0 bridgehead atoms. The van der Waals surface area contributed by atoms with Crippen LogP contribution in [-0.2, 0) is 16.6 Å². The Labute approximate surface area is 173 Å². The molecule has 2 heterocycles. The van der Waals surface area contributed by atoms with Crippen molar-refractivity contribution in [1.29, 1.82) is 0 Å². The average Bonchev–Trinajstić information content (AvgIpc) is 3.03. The number of aryl methyl sites for hydroxylation is 1. The molecule has 0 aliphatic carbocycles. The SMILES string of the molecule is C#Cc1ccc(OC)cc1Sc1nc2c(N)ncnc2n1CCCNS(C)(=O)=O. The zero-order valence-corrected chi connectivity index (χ0v) is 17.5. The highest BCUT2D eigenvalue weighted by atomic mass is 32.2. The molecular weight excluding hydrogens is 412 g/mol. The van der Waals surface area contributed by atoms with Gasteiger partial charge in [-0.3, -0.25) is 0 Å². The third kappa shape index (κ3) is 4.97. The van der Waals surface area contributed by atoms with Gasteiger partial charge < -0.3 is 15.0 Å². The summed E-state index contributed by atoms with van der Waals surface area (Å²) < 4.78 is 32.2. The molecule has 3 rings (SSSR count). The van der Waals surface area contributed by atoms with Crippen molar-refractivity contribution in [2.75, 3.05) is 25.6 Å². The maximum atomic E-state index is 11.3. The topological polar surface area (TPSA) is 125 Å². The standard InChI is InChI=1S/C18H20N6O3S2/c1-4-12-6-7-13(27-2)10-14(12)28-18-23-15-16(19)20-11-21-17(15)24(18)9-5-8-22-29(3,25)26/h1,6-7,10-11,22H,5,8-9H2,2-3H3,(H2,19,20,21). The van der Waals surface area contributed by atoms with Crippen LogP contribution in [0.5, 0.6) is 5.75 Å². The predicted molar refractivity (Wildman–Crippen MR) is 112 cm³/mol. The Morgan fingerprint density at radius 1 is 1.38 bits per heavy atom. The van der Waals surface area contributed by atoms with E-state index in [1.54, 1.807) is 19.2 Å². The van der Waals surface area contributed by atoms with Crippen molar-refractivity contribution in [1.82, 2.24) is 24.2 Å². The normalized spacial score (nSPS) is 11.5. The fourth-order valence-electron chi connectivity index (χ4n) is 2.64. The Morgan fingerprint density at radius 2 is 2.17 bits per heavy atom. The third-order valence-corrected chi connectivity index (χ3v) is 5.77. The molecule has 152 valence electrons. The van der Waals surface area contributed by atoms with Gasteiger partial charge >= 0.3 is 0 Å². The van der Waals surface area contributed by atoms with Crippen molar-refractivity contribution in [3.05, 3.63) is 30.1 Å². The first kappa shape index (κ1) is 20.9. The van der Waals surface area contributed by atoms with Crippen LogP contribution < -0.4 is 15.2 Å². The fourth-order valence-corrected chi connectivity index (χ4v) is 4.19. The number of benzene rings is 1. The lowest BCUT2D eigenvalue weighted by Crippen LogP contribution is -2.24. The molecule has 9 nitrogen and oxygen atoms in total. The molecular formula is C18H20N6O3S2. The number of imidazole rings is 1. The number of sulfonamides is 1. The molecule has 0 atom stereocenters. The zero-order chi connectivity index (χ0) is 21.0. The molecule has 0 aliphatic rings. The number of ether oxygens (including phenoxy) is 1. The van der Waals surface area contributed by atoms with E-state index in [1.165, 1.54) is 18.1 Å². The van der Waals surface area contributed by atoms with Gasteiger partial charge in [0.1, 0.15) is 12.1 Å². The number of aromatic nitrogens is 4. The molecule has 0 saturated carbocycles. The lowest BCUT2D eigenvalue weighted by Gasteiger charge is -2.10. The van der Waals surface area contributed by atoms with Gasteiger partial charge in [0.2, 0.25) is 10.0 Å². The highest BCUT2D eigenvalue weighted by Crippen LogP contribution is 2.34. The molecule has 0 aliphatic heterocycles. The number of anilines is 1. The summed E-state index contributed by atoms with van der Waals surface area (Å²) in [6.45, 7) is 0.769. The smallest absolute Gasteiger partial charge is 0.208 e. The van der Waals surface area contributed by atoms with Crippen molar-refractivity contribution in [2.24, 2.45) is 0 Å². The van der Waals surface area contributed by atoms with E-state index in [2.05, 4.69) is 25.6 Å². The van der Waals surface area contributed by atoms with E-state index in [0.29, 0.717) is 40.6 Å². The second-order valence-corrected chi connectivity index (χ2v) is 8.95. The number of nitrogen functional groups attached to an aromatic ring is 1. The van der Waals surface area contributed by atoms with Gasteiger partial charge in [0.25, 0.3) is 0 Å². The Balaban J connectivity index is 1.97. The molecule has 0 fully saturated rings. The van der Waals surface area contributed by atoms with Crippen LogP contribution in [0.2, 0.25) is 0 Å². The van der Waals surface area contributed by atoms with Crippen LogP contribution in [0.3, 0.4) is 0 Å². The molecule has 3 N–H and O–H groups in total. The van der Waals surface area contributed by atoms with Gasteiger partial charge in [0.05, 0.1) is 13.4 Å². The molecule has 1 aromatic carbocycles. The van der Waals surface area contributed by atoms with Crippen molar-refractivity contribution in [3.8, 4) is 18.1 Å². The minimum absolute atomic E-state index is 0.271. The van der Waals surface area contributed by atoms with E-state index in [1.807, 2.05) is 10.6 Å². The van der Waals surface area contributed by atoms with Crippen LogP contribution in [0, 0.1) is 12.3 Å². The molecule has 0 radical (unpaired) electrons. The van der Waals surface area contributed by atoms with Crippen LogP contribution in [0.1, 0.15) is 12.0 Å². The third-order valence-electron chi connectivity index (χ3n) is 3.99. The van der Waals surface area contributed by atoms with E-state index >= 15 is 0 Å². The van der Waals surface area contributed by atoms with Crippen LogP contribution in [-0.4, -0.2) is 47.8 Å². The van der Waals surface area contributed by atoms with E-state index in [4.69, 9.17) is 16.9 Å². The Hall–Kier alpha value is -2.81. The maximum absolute atomic E-state index is 11.3. The zero-order valence-electron chi connectivity index (χ0n) is 15.9. The largest absolute Gasteiger partial charge is 0.497 e. The summed E-state index contributed by atoms with van der Waals surface area (Å²) in [5, 5.41) is 0.622. The van der Waals surface area contributed by atoms with Gasteiger partial charge in [-0.1, -0.05) is 17.7 Å². The minimum atomic E-state index is -3.25. The number of nitrogens with zero attached hydrogens (tertiary/aromatic N) is 4. The summed E-state index contributed by atoms with van der Waals surface area (Å²) in [5.74, 6) is 3.60. The van der Waals surface area contributed by atoms with Crippen molar-refractivity contribution in [2.45, 2.75) is 23.0 Å². The molecule has 11 heteroatoms. The summed E-state index contributed by atoms with van der Waals surface area (Å²) in [6.07, 6.45) is 8.67. The summed E-state index contributed by atoms with van der Waals surface area (Å²) in [4.78, 5) is 13.7. The number of nitrogens with one attached hydrogen (secondary N) is 1. The Bertz CT molecular complexity index is 1180. The highest BCUT2D eigenvalue weighted by molar-refractivity contribution is 7.99. The Morgan fingerprint density at radius 3 is 2.86 bits per heavy atom. The van der Waals surface area contributed by atoms with Crippen molar-refractivity contribution >= 4 is 38.8 Å². The number of hydrogen-bond donors (Lipinski definition) is 2. The summed E-state index contributed by atoms with van der Waals surface area (Å²) in [7, 11) is -1.67. The first-order valence-electron chi connectivity index (χ1n) is 8.56. The lowest BCUT2D eigenvalue weighted by molar-refractivity contribution is 0.413. The van der Waals surface area contributed by atoms with Gasteiger partial charge in [-0.2, -0.15) is 0 Å². The first-order chi connectivity index (χ1) is 13.8. The number of terminal acetylenes is 1. The van der Waals surface area contributed by atoms with Crippen molar-refractivity contribution < 1.29 is 13.2 Å². The average molecular weight is 433 g/mol. The summed E-state index contributed by atoms with van der Waals surface area (Å²) in [5.41, 5.74) is 7.72. The van der Waals surface area contributed by atoms with Crippen LogP contribution >= 0.6 is 11.8 Å². The molecule has 2 aromatic heterocycles. The molecule has 0 amide bonds. The molecule has 0 spiro atoms. The van der Waals surface area contributed by atoms with Crippen LogP contribution in [0.15, 0.2) is 34.6 Å². The predicted octanol–water partition coefficient (Wildman–Crippen LogP) is 1.49. The fraction of sp³-hybridized carbons (Fsp3) is 0.278. The molecule has 0 saturated heterocycles. The molecule has 0 unspecified atom stereocenters. The number of hydrogen-bond acceptors (Lipinski definition) is 8. The summed E-state index contributed by atoms with van der Waals surface area (Å²) >= 11 is 1.36. The van der Waals surface area contributed by atoms with Gasteiger partial charge in [0.15, 0.2) is 22.1 Å². The Kier molecular flexibility index (Phi) is 6.26. The number of fused-ring (bicyclic) bond motifs is 1. The number of methoxy groups -OCH3 is 1. The minimum Gasteiger partial charge on any atom is -0.497 e. The first-order valence-corrected chi connectivity index (χ1v) is 11.3. The van der Waals surface area contributed by atoms with E-state index in [9.17, 15) is 8.42 Å². The number of rotatable bonds is 8.